The van der Waals surface area contributed by atoms with Crippen molar-refractivity contribution >= 4 is 22.8 Å². The topological polar surface area (TPSA) is 56.7 Å². The lowest BCUT2D eigenvalue weighted by Gasteiger charge is -2.06. The summed E-state index contributed by atoms with van der Waals surface area (Å²) in [5, 5.41) is 0.642. The lowest BCUT2D eigenvalue weighted by Crippen LogP contribution is -2.08. The molecule has 0 bridgehead atoms. The van der Waals surface area contributed by atoms with Crippen molar-refractivity contribution in [2.75, 3.05) is 6.54 Å². The molecule has 1 fully saturated rings. The van der Waals surface area contributed by atoms with E-state index in [1.807, 2.05) is 6.07 Å². The molecular weight excluding hydrogens is 236 g/mol. The molecule has 1 saturated carbocycles. The SMILES string of the molecule is NCCCn1c(C2CC2)nc2cc(Cl)cnc21. The van der Waals surface area contributed by atoms with Crippen molar-refractivity contribution in [3.05, 3.63) is 23.1 Å². The van der Waals surface area contributed by atoms with Crippen LogP contribution in [0.3, 0.4) is 0 Å². The summed E-state index contributed by atoms with van der Waals surface area (Å²) < 4.78 is 2.20. The van der Waals surface area contributed by atoms with Crippen LogP contribution in [0, 0.1) is 0 Å². The Hall–Kier alpha value is -1.13. The number of nitrogens with zero attached hydrogens (tertiary/aromatic N) is 3. The number of hydrogen-bond acceptors (Lipinski definition) is 3. The van der Waals surface area contributed by atoms with Gasteiger partial charge < -0.3 is 10.3 Å². The standard InChI is InChI=1S/C12H15ClN4/c13-9-6-10-12(15-7-9)17(5-1-4-14)11(16-10)8-2-3-8/h6-8H,1-5,14H2. The van der Waals surface area contributed by atoms with Gasteiger partial charge in [-0.2, -0.15) is 0 Å². The molecule has 0 amide bonds. The predicted octanol–water partition coefficient (Wildman–Crippen LogP) is 2.31. The van der Waals surface area contributed by atoms with Gasteiger partial charge in [0, 0.05) is 18.7 Å². The zero-order valence-corrected chi connectivity index (χ0v) is 10.3. The molecule has 2 aromatic rings. The third-order valence-corrected chi connectivity index (χ3v) is 3.32. The van der Waals surface area contributed by atoms with E-state index in [0.717, 1.165) is 30.0 Å². The van der Waals surface area contributed by atoms with Crippen LogP contribution in [0.4, 0.5) is 0 Å². The fraction of sp³-hybridized carbons (Fsp3) is 0.500. The number of nitrogens with two attached hydrogens (primary N) is 1. The second-order valence-corrected chi connectivity index (χ2v) is 4.97. The number of rotatable bonds is 4. The first-order chi connectivity index (χ1) is 8.29. The van der Waals surface area contributed by atoms with Gasteiger partial charge in [0.2, 0.25) is 0 Å². The molecule has 0 radical (unpaired) electrons. The Morgan fingerprint density at radius 2 is 2.29 bits per heavy atom. The Bertz CT molecular complexity index is 545. The lowest BCUT2D eigenvalue weighted by molar-refractivity contribution is 0.629. The molecule has 2 heterocycles. The summed E-state index contributed by atoms with van der Waals surface area (Å²) in [5.41, 5.74) is 7.41. The molecule has 0 saturated heterocycles. The van der Waals surface area contributed by atoms with Gasteiger partial charge in [-0.3, -0.25) is 0 Å². The van der Waals surface area contributed by atoms with E-state index >= 15 is 0 Å². The van der Waals surface area contributed by atoms with Crippen LogP contribution in [0.25, 0.3) is 11.2 Å². The van der Waals surface area contributed by atoms with E-state index in [0.29, 0.717) is 17.5 Å². The summed E-state index contributed by atoms with van der Waals surface area (Å²) in [6.45, 7) is 1.59. The highest BCUT2D eigenvalue weighted by Gasteiger charge is 2.29. The van der Waals surface area contributed by atoms with Crippen LogP contribution in [0.2, 0.25) is 5.02 Å². The van der Waals surface area contributed by atoms with E-state index in [-0.39, 0.29) is 0 Å². The molecule has 0 unspecified atom stereocenters. The smallest absolute Gasteiger partial charge is 0.160 e. The maximum atomic E-state index is 5.95. The molecule has 90 valence electrons. The summed E-state index contributed by atoms with van der Waals surface area (Å²) in [5.74, 6) is 1.77. The zero-order valence-electron chi connectivity index (χ0n) is 9.56. The normalized spacial score (nSPS) is 15.6. The molecule has 1 aliphatic rings. The fourth-order valence-electron chi connectivity index (χ4n) is 2.13. The predicted molar refractivity (Wildman–Crippen MR) is 68.2 cm³/mol. The number of fused-ring (bicyclic) bond motifs is 1. The van der Waals surface area contributed by atoms with Crippen molar-refractivity contribution < 1.29 is 0 Å². The molecule has 0 atom stereocenters. The zero-order chi connectivity index (χ0) is 11.8. The van der Waals surface area contributed by atoms with Gasteiger partial charge in [-0.15, -0.1) is 0 Å². The Morgan fingerprint density at radius 3 is 3.00 bits per heavy atom. The van der Waals surface area contributed by atoms with Crippen molar-refractivity contribution in [1.29, 1.82) is 0 Å². The molecule has 3 rings (SSSR count). The van der Waals surface area contributed by atoms with Gasteiger partial charge in [0.25, 0.3) is 0 Å². The molecule has 5 heteroatoms. The van der Waals surface area contributed by atoms with Crippen molar-refractivity contribution in [2.24, 2.45) is 5.73 Å². The molecular formula is C12H15ClN4. The summed E-state index contributed by atoms with van der Waals surface area (Å²) in [6.07, 6.45) is 5.11. The highest BCUT2D eigenvalue weighted by molar-refractivity contribution is 6.31. The first kappa shape index (κ1) is 11.0. The summed E-state index contributed by atoms with van der Waals surface area (Å²) in [6, 6.07) is 1.88. The molecule has 1 aliphatic carbocycles. The first-order valence-electron chi connectivity index (χ1n) is 6.01. The van der Waals surface area contributed by atoms with Gasteiger partial charge >= 0.3 is 0 Å². The van der Waals surface area contributed by atoms with Crippen molar-refractivity contribution in [3.8, 4) is 0 Å². The van der Waals surface area contributed by atoms with Gasteiger partial charge in [0.1, 0.15) is 11.3 Å². The van der Waals surface area contributed by atoms with Crippen LogP contribution in [-0.2, 0) is 6.54 Å². The summed E-state index contributed by atoms with van der Waals surface area (Å²) in [4.78, 5) is 9.06. The number of aromatic nitrogens is 3. The van der Waals surface area contributed by atoms with E-state index in [4.69, 9.17) is 17.3 Å². The minimum Gasteiger partial charge on any atom is -0.330 e. The highest BCUT2D eigenvalue weighted by atomic mass is 35.5. The van der Waals surface area contributed by atoms with Gasteiger partial charge in [-0.1, -0.05) is 11.6 Å². The number of imidazole rings is 1. The van der Waals surface area contributed by atoms with E-state index < -0.39 is 0 Å². The van der Waals surface area contributed by atoms with Gasteiger partial charge in [0.05, 0.1) is 5.02 Å². The maximum absolute atomic E-state index is 5.95. The Balaban J connectivity index is 2.09. The van der Waals surface area contributed by atoms with E-state index in [1.54, 1.807) is 6.20 Å². The van der Waals surface area contributed by atoms with Gasteiger partial charge in [0.15, 0.2) is 5.65 Å². The monoisotopic (exact) mass is 250 g/mol. The second-order valence-electron chi connectivity index (χ2n) is 4.53. The van der Waals surface area contributed by atoms with E-state index in [2.05, 4.69) is 14.5 Å². The molecule has 4 nitrogen and oxygen atoms in total. The number of pyridine rings is 1. The molecule has 17 heavy (non-hydrogen) atoms. The first-order valence-corrected chi connectivity index (χ1v) is 6.39. The third kappa shape index (κ3) is 2.03. The Kier molecular flexibility index (Phi) is 2.76. The van der Waals surface area contributed by atoms with Crippen LogP contribution in [-0.4, -0.2) is 21.1 Å². The Labute approximate surface area is 105 Å². The molecule has 2 aromatic heterocycles. The van der Waals surface area contributed by atoms with E-state index in [9.17, 15) is 0 Å². The van der Waals surface area contributed by atoms with Crippen molar-refractivity contribution in [1.82, 2.24) is 14.5 Å². The van der Waals surface area contributed by atoms with E-state index in [1.165, 1.54) is 12.8 Å². The van der Waals surface area contributed by atoms with Crippen LogP contribution < -0.4 is 5.73 Å². The molecule has 0 aromatic carbocycles. The van der Waals surface area contributed by atoms with Crippen LogP contribution in [0.1, 0.15) is 31.0 Å². The van der Waals surface area contributed by atoms with Crippen LogP contribution >= 0.6 is 11.6 Å². The van der Waals surface area contributed by atoms with Crippen molar-refractivity contribution in [3.63, 3.8) is 0 Å². The summed E-state index contributed by atoms with van der Waals surface area (Å²) >= 11 is 5.95. The van der Waals surface area contributed by atoms with Crippen LogP contribution in [0.15, 0.2) is 12.3 Å². The fourth-order valence-corrected chi connectivity index (χ4v) is 2.28. The third-order valence-electron chi connectivity index (χ3n) is 3.11. The van der Waals surface area contributed by atoms with Gasteiger partial charge in [-0.25, -0.2) is 9.97 Å². The Morgan fingerprint density at radius 1 is 1.47 bits per heavy atom. The molecule has 0 spiro atoms. The number of aryl methyl sites for hydroxylation is 1. The average Bonchev–Trinajstić information content (AvgIpc) is 3.09. The highest BCUT2D eigenvalue weighted by Crippen LogP contribution is 2.40. The van der Waals surface area contributed by atoms with Crippen LogP contribution in [0.5, 0.6) is 0 Å². The van der Waals surface area contributed by atoms with Gasteiger partial charge in [-0.05, 0) is 31.9 Å². The molecule has 0 aliphatic heterocycles. The maximum Gasteiger partial charge on any atom is 0.160 e. The quantitative estimate of drug-likeness (QED) is 0.906. The largest absolute Gasteiger partial charge is 0.330 e. The lowest BCUT2D eigenvalue weighted by atomic mass is 10.3. The minimum atomic E-state index is 0.612. The van der Waals surface area contributed by atoms with Crippen molar-refractivity contribution in [2.45, 2.75) is 31.7 Å². The number of hydrogen-bond donors (Lipinski definition) is 1. The molecule has 2 N–H and O–H groups in total. The number of halogens is 1. The minimum absolute atomic E-state index is 0.612. The average molecular weight is 251 g/mol. The second kappa shape index (κ2) is 4.27. The summed E-state index contributed by atoms with van der Waals surface area (Å²) in [7, 11) is 0.